The van der Waals surface area contributed by atoms with Gasteiger partial charge in [-0.25, -0.2) is 13.1 Å². The van der Waals surface area contributed by atoms with Crippen LogP contribution in [0.1, 0.15) is 38.0 Å². The van der Waals surface area contributed by atoms with E-state index in [9.17, 15) is 18.0 Å². The third-order valence-corrected chi connectivity index (χ3v) is 8.15. The van der Waals surface area contributed by atoms with Crippen LogP contribution < -0.4 is 20.7 Å². The van der Waals surface area contributed by atoms with Crippen molar-refractivity contribution in [3.63, 3.8) is 0 Å². The molecule has 2 amide bonds. The summed E-state index contributed by atoms with van der Waals surface area (Å²) in [5.41, 5.74) is 6.41. The fourth-order valence-electron chi connectivity index (χ4n) is 3.66. The lowest BCUT2D eigenvalue weighted by molar-refractivity contribution is -0.122. The highest BCUT2D eigenvalue weighted by Gasteiger charge is 2.28. The lowest BCUT2D eigenvalue weighted by Gasteiger charge is -2.33. The molecule has 0 aliphatic carbocycles. The molecule has 1 aliphatic rings. The molecule has 0 saturated carbocycles. The van der Waals surface area contributed by atoms with E-state index in [1.807, 2.05) is 36.3 Å². The van der Waals surface area contributed by atoms with Gasteiger partial charge in [-0.1, -0.05) is 13.0 Å². The minimum Gasteiger partial charge on any atom is -0.370 e. The Kier molecular flexibility index (Phi) is 7.91. The van der Waals surface area contributed by atoms with Crippen LogP contribution in [0.5, 0.6) is 0 Å². The molecular formula is C22H30N4O4S2. The lowest BCUT2D eigenvalue weighted by atomic mass is 9.96. The Morgan fingerprint density at radius 3 is 2.56 bits per heavy atom. The van der Waals surface area contributed by atoms with Crippen LogP contribution in [0.2, 0.25) is 0 Å². The summed E-state index contributed by atoms with van der Waals surface area (Å²) < 4.78 is 29.1. The van der Waals surface area contributed by atoms with Crippen molar-refractivity contribution in [1.82, 2.24) is 4.72 Å². The van der Waals surface area contributed by atoms with Crippen LogP contribution in [0.4, 0.5) is 11.4 Å². The Morgan fingerprint density at radius 1 is 1.25 bits per heavy atom. The lowest BCUT2D eigenvalue weighted by Crippen LogP contribution is -2.40. The van der Waals surface area contributed by atoms with Gasteiger partial charge in [0.1, 0.15) is 4.90 Å². The molecule has 32 heavy (non-hydrogen) atoms. The largest absolute Gasteiger partial charge is 0.370 e. The molecule has 2 aromatic rings. The van der Waals surface area contributed by atoms with Crippen LogP contribution >= 0.6 is 11.3 Å². The Hall–Kier alpha value is -2.43. The van der Waals surface area contributed by atoms with Gasteiger partial charge in [-0.2, -0.15) is 0 Å². The molecule has 10 heteroatoms. The van der Waals surface area contributed by atoms with E-state index in [4.69, 9.17) is 5.73 Å². The number of carbonyl (C=O) groups excluding carboxylic acids is 2. The molecule has 174 valence electrons. The molecule has 3 rings (SSSR count). The number of nitrogens with one attached hydrogen (secondary N) is 2. The summed E-state index contributed by atoms with van der Waals surface area (Å²) in [6.07, 6.45) is 2.03. The summed E-state index contributed by atoms with van der Waals surface area (Å²) in [6, 6.07) is 8.47. The normalized spacial score (nSPS) is 16.0. The highest BCUT2D eigenvalue weighted by molar-refractivity contribution is 7.89. The van der Waals surface area contributed by atoms with E-state index in [0.717, 1.165) is 4.88 Å². The highest BCUT2D eigenvalue weighted by atomic mass is 32.2. The molecule has 1 fully saturated rings. The summed E-state index contributed by atoms with van der Waals surface area (Å²) in [6.45, 7) is 4.78. The van der Waals surface area contributed by atoms with Crippen molar-refractivity contribution in [1.29, 1.82) is 0 Å². The van der Waals surface area contributed by atoms with Gasteiger partial charge < -0.3 is 16.0 Å². The van der Waals surface area contributed by atoms with Gasteiger partial charge in [-0.3, -0.25) is 9.59 Å². The molecule has 1 atom stereocenters. The molecule has 4 N–H and O–H groups in total. The van der Waals surface area contributed by atoms with Crippen LogP contribution in [0.15, 0.2) is 40.6 Å². The number of primary amides is 1. The van der Waals surface area contributed by atoms with Crippen LogP contribution in [0.25, 0.3) is 0 Å². The summed E-state index contributed by atoms with van der Waals surface area (Å²) in [4.78, 5) is 26.9. The quantitative estimate of drug-likeness (QED) is 0.512. The third-order valence-electron chi connectivity index (χ3n) is 5.65. The number of nitrogens with zero attached hydrogens (tertiary/aromatic N) is 1. The standard InChI is InChI=1S/C22H30N4O4S2/c1-3-15(2)25-32(29,30)20-13-17(24-21(27)14-18-5-4-12-31-18)6-7-19(20)26-10-8-16(9-11-26)22(23)28/h4-7,12-13,15-16,25H,3,8-11,14H2,1-2H3,(H2,23,28)(H,24,27). The van der Waals surface area contributed by atoms with E-state index in [1.54, 1.807) is 12.1 Å². The van der Waals surface area contributed by atoms with Gasteiger partial charge >= 0.3 is 0 Å². The first-order valence-corrected chi connectivity index (χ1v) is 13.1. The average Bonchev–Trinajstić information content (AvgIpc) is 3.26. The van der Waals surface area contributed by atoms with Crippen molar-refractivity contribution in [2.75, 3.05) is 23.3 Å². The molecule has 2 heterocycles. The Bertz CT molecular complexity index is 1050. The van der Waals surface area contributed by atoms with Crippen molar-refractivity contribution in [3.8, 4) is 0 Å². The average molecular weight is 479 g/mol. The Labute approximate surface area is 193 Å². The molecule has 8 nitrogen and oxygen atoms in total. The molecule has 1 saturated heterocycles. The zero-order chi connectivity index (χ0) is 23.3. The van der Waals surface area contributed by atoms with Gasteiger partial charge in [0, 0.05) is 35.6 Å². The van der Waals surface area contributed by atoms with Gasteiger partial charge in [0.2, 0.25) is 21.8 Å². The van der Waals surface area contributed by atoms with Crippen LogP contribution in [-0.4, -0.2) is 39.4 Å². The maximum Gasteiger partial charge on any atom is 0.242 e. The Balaban J connectivity index is 1.87. The van der Waals surface area contributed by atoms with E-state index in [2.05, 4.69) is 10.0 Å². The van der Waals surface area contributed by atoms with E-state index in [-0.39, 0.29) is 35.1 Å². The number of nitrogens with two attached hydrogens (primary N) is 1. The van der Waals surface area contributed by atoms with Crippen molar-refractivity contribution in [3.05, 3.63) is 40.6 Å². The number of amides is 2. The van der Waals surface area contributed by atoms with Crippen molar-refractivity contribution in [2.24, 2.45) is 11.7 Å². The first kappa shape index (κ1) is 24.2. The predicted octanol–water partition coefficient (Wildman–Crippen LogP) is 2.71. The molecule has 1 aliphatic heterocycles. The second-order valence-corrected chi connectivity index (χ2v) is 10.8. The van der Waals surface area contributed by atoms with E-state index in [1.165, 1.54) is 17.4 Å². The zero-order valence-electron chi connectivity index (χ0n) is 18.3. The number of hydrogen-bond donors (Lipinski definition) is 3. The summed E-state index contributed by atoms with van der Waals surface area (Å²) in [5, 5.41) is 4.71. The summed E-state index contributed by atoms with van der Waals surface area (Å²) in [5.74, 6) is -0.721. The fourth-order valence-corrected chi connectivity index (χ4v) is 5.94. The minimum absolute atomic E-state index is 0.115. The molecule has 0 radical (unpaired) electrons. The minimum atomic E-state index is -3.82. The SMILES string of the molecule is CCC(C)NS(=O)(=O)c1cc(NC(=O)Cc2cccs2)ccc1N1CCC(C(N)=O)CC1. The number of rotatable bonds is 9. The van der Waals surface area contributed by atoms with Gasteiger partial charge in [-0.05, 0) is 55.8 Å². The number of hydrogen-bond acceptors (Lipinski definition) is 6. The molecule has 0 spiro atoms. The van der Waals surface area contributed by atoms with Gasteiger partial charge in [0.15, 0.2) is 0 Å². The molecule has 1 aromatic carbocycles. The first-order chi connectivity index (χ1) is 15.2. The van der Waals surface area contributed by atoms with Crippen LogP contribution in [0, 0.1) is 5.92 Å². The van der Waals surface area contributed by atoms with Crippen molar-refractivity contribution >= 4 is 44.5 Å². The van der Waals surface area contributed by atoms with Gasteiger partial charge in [-0.15, -0.1) is 11.3 Å². The second kappa shape index (κ2) is 10.5. The number of sulfonamides is 1. The smallest absolute Gasteiger partial charge is 0.242 e. The van der Waals surface area contributed by atoms with Crippen LogP contribution in [-0.2, 0) is 26.0 Å². The highest BCUT2D eigenvalue weighted by Crippen LogP contribution is 2.32. The molecule has 0 bridgehead atoms. The van der Waals surface area contributed by atoms with E-state index >= 15 is 0 Å². The third kappa shape index (κ3) is 6.08. The topological polar surface area (TPSA) is 122 Å². The number of carbonyl (C=O) groups is 2. The van der Waals surface area contributed by atoms with Crippen LogP contribution in [0.3, 0.4) is 0 Å². The maximum atomic E-state index is 13.2. The first-order valence-electron chi connectivity index (χ1n) is 10.7. The van der Waals surface area contributed by atoms with Crippen molar-refractivity contribution in [2.45, 2.75) is 50.5 Å². The Morgan fingerprint density at radius 2 is 1.97 bits per heavy atom. The summed E-state index contributed by atoms with van der Waals surface area (Å²) in [7, 11) is -3.82. The number of benzene rings is 1. The van der Waals surface area contributed by atoms with Gasteiger partial charge in [0.05, 0.1) is 12.1 Å². The fraction of sp³-hybridized carbons (Fsp3) is 0.455. The number of anilines is 2. The second-order valence-electron chi connectivity index (χ2n) is 8.08. The molecule has 1 aromatic heterocycles. The number of thiophene rings is 1. The molecule has 1 unspecified atom stereocenters. The van der Waals surface area contributed by atoms with Gasteiger partial charge in [0.25, 0.3) is 0 Å². The number of piperidine rings is 1. The predicted molar refractivity (Wildman–Crippen MR) is 127 cm³/mol. The van der Waals surface area contributed by atoms with Crippen molar-refractivity contribution < 1.29 is 18.0 Å². The monoisotopic (exact) mass is 478 g/mol. The van der Waals surface area contributed by atoms with E-state index in [0.29, 0.717) is 43.7 Å². The zero-order valence-corrected chi connectivity index (χ0v) is 20.0. The molecular weight excluding hydrogens is 448 g/mol. The maximum absolute atomic E-state index is 13.2. The van der Waals surface area contributed by atoms with E-state index < -0.39 is 10.0 Å². The summed E-state index contributed by atoms with van der Waals surface area (Å²) >= 11 is 1.50.